The number of methoxy groups -OCH3 is 1. The van der Waals surface area contributed by atoms with Crippen LogP contribution in [-0.4, -0.2) is 71.1 Å². The van der Waals surface area contributed by atoms with E-state index in [0.29, 0.717) is 19.1 Å². The molecule has 1 N–H and O–H groups in total. The van der Waals surface area contributed by atoms with Crippen molar-refractivity contribution < 1.29 is 13.2 Å². The molecule has 6 nitrogen and oxygen atoms in total. The van der Waals surface area contributed by atoms with E-state index >= 15 is 0 Å². The van der Waals surface area contributed by atoms with Crippen molar-refractivity contribution in [3.63, 3.8) is 0 Å². The van der Waals surface area contributed by atoms with Gasteiger partial charge in [-0.2, -0.15) is 17.4 Å². The average molecular weight is 265 g/mol. The van der Waals surface area contributed by atoms with Crippen LogP contribution in [0.25, 0.3) is 0 Å². The summed E-state index contributed by atoms with van der Waals surface area (Å²) in [5, 5.41) is 0. The number of nitrogens with zero attached hydrogens (tertiary/aromatic N) is 2. The zero-order valence-corrected chi connectivity index (χ0v) is 11.8. The van der Waals surface area contributed by atoms with Crippen molar-refractivity contribution in [3.8, 4) is 0 Å². The lowest BCUT2D eigenvalue weighted by molar-refractivity contribution is 0.184. The lowest BCUT2D eigenvalue weighted by Gasteiger charge is -2.22. The molecule has 1 heterocycles. The second-order valence-electron chi connectivity index (χ2n) is 4.74. The molecule has 2 atom stereocenters. The zero-order valence-electron chi connectivity index (χ0n) is 11.0. The third kappa shape index (κ3) is 4.18. The summed E-state index contributed by atoms with van der Waals surface area (Å²) < 4.78 is 32.9. The summed E-state index contributed by atoms with van der Waals surface area (Å²) in [7, 11) is 1.72. The minimum Gasteiger partial charge on any atom is -0.383 e. The van der Waals surface area contributed by atoms with Crippen LogP contribution in [0.5, 0.6) is 0 Å². The second-order valence-corrected chi connectivity index (χ2v) is 6.55. The van der Waals surface area contributed by atoms with Crippen LogP contribution >= 0.6 is 0 Å². The first kappa shape index (κ1) is 14.8. The van der Waals surface area contributed by atoms with Gasteiger partial charge in [0.05, 0.1) is 6.61 Å². The molecular formula is C10H23N3O3S. The molecule has 7 heteroatoms. The average Bonchev–Trinajstić information content (AvgIpc) is 2.53. The van der Waals surface area contributed by atoms with Gasteiger partial charge >= 0.3 is 0 Å². The Hall–Kier alpha value is -0.210. The molecule has 0 aliphatic carbocycles. The van der Waals surface area contributed by atoms with Gasteiger partial charge in [-0.3, -0.25) is 0 Å². The normalized spacial score (nSPS) is 26.9. The van der Waals surface area contributed by atoms with Gasteiger partial charge in [-0.25, -0.2) is 0 Å². The first-order chi connectivity index (χ1) is 7.86. The highest BCUT2D eigenvalue weighted by atomic mass is 32.2. The van der Waals surface area contributed by atoms with Gasteiger partial charge in [-0.05, 0) is 13.0 Å². The predicted molar refractivity (Wildman–Crippen MR) is 67.0 cm³/mol. The first-order valence-corrected chi connectivity index (χ1v) is 7.22. The Bertz CT molecular complexity index is 334. The van der Waals surface area contributed by atoms with Gasteiger partial charge < -0.3 is 9.64 Å². The highest BCUT2D eigenvalue weighted by Crippen LogP contribution is 2.15. The largest absolute Gasteiger partial charge is 0.383 e. The molecule has 0 radical (unpaired) electrons. The van der Waals surface area contributed by atoms with Crippen LogP contribution in [0.3, 0.4) is 0 Å². The molecule has 2 unspecified atom stereocenters. The molecule has 1 aliphatic rings. The zero-order chi connectivity index (χ0) is 13.1. The van der Waals surface area contributed by atoms with Crippen molar-refractivity contribution in [2.24, 2.45) is 5.92 Å². The fourth-order valence-corrected chi connectivity index (χ4v) is 3.17. The van der Waals surface area contributed by atoms with Gasteiger partial charge in [0.2, 0.25) is 0 Å². The third-order valence-corrected chi connectivity index (χ3v) is 4.72. The molecule has 0 bridgehead atoms. The van der Waals surface area contributed by atoms with Crippen molar-refractivity contribution in [1.82, 2.24) is 13.9 Å². The highest BCUT2D eigenvalue weighted by molar-refractivity contribution is 7.87. The summed E-state index contributed by atoms with van der Waals surface area (Å²) in [5.74, 6) is 0.339. The van der Waals surface area contributed by atoms with E-state index in [9.17, 15) is 8.42 Å². The fourth-order valence-electron chi connectivity index (χ4n) is 1.98. The smallest absolute Gasteiger partial charge is 0.279 e. The summed E-state index contributed by atoms with van der Waals surface area (Å²) in [6, 6.07) is -0.00463. The van der Waals surface area contributed by atoms with Gasteiger partial charge in [0, 0.05) is 39.8 Å². The molecule has 0 aromatic carbocycles. The van der Waals surface area contributed by atoms with Crippen LogP contribution in [0.15, 0.2) is 0 Å². The molecule has 0 amide bonds. The van der Waals surface area contributed by atoms with E-state index in [1.165, 1.54) is 4.31 Å². The van der Waals surface area contributed by atoms with Crippen molar-refractivity contribution >= 4 is 10.2 Å². The fraction of sp³-hybridized carbons (Fsp3) is 1.00. The Morgan fingerprint density at radius 2 is 2.12 bits per heavy atom. The van der Waals surface area contributed by atoms with Crippen LogP contribution in [0.1, 0.15) is 6.92 Å². The van der Waals surface area contributed by atoms with Crippen molar-refractivity contribution in [2.45, 2.75) is 13.0 Å². The monoisotopic (exact) mass is 265 g/mol. The van der Waals surface area contributed by atoms with E-state index in [1.807, 2.05) is 7.05 Å². The first-order valence-electron chi connectivity index (χ1n) is 5.78. The maximum Gasteiger partial charge on any atom is 0.279 e. The summed E-state index contributed by atoms with van der Waals surface area (Å²) in [5.41, 5.74) is 0. The second kappa shape index (κ2) is 6.10. The number of likely N-dealkylation sites (tertiary alicyclic amines) is 1. The van der Waals surface area contributed by atoms with E-state index in [4.69, 9.17) is 4.74 Å². The van der Waals surface area contributed by atoms with E-state index in [0.717, 1.165) is 13.1 Å². The van der Waals surface area contributed by atoms with Gasteiger partial charge in [-0.1, -0.05) is 6.92 Å². The van der Waals surface area contributed by atoms with Gasteiger partial charge in [0.25, 0.3) is 10.2 Å². The number of ether oxygens (including phenoxy) is 1. The maximum atomic E-state index is 12.0. The molecule has 102 valence electrons. The van der Waals surface area contributed by atoms with Crippen molar-refractivity contribution in [3.05, 3.63) is 0 Å². The minimum atomic E-state index is -3.40. The van der Waals surface area contributed by atoms with Crippen LogP contribution in [0.2, 0.25) is 0 Å². The van der Waals surface area contributed by atoms with Gasteiger partial charge in [-0.15, -0.1) is 0 Å². The van der Waals surface area contributed by atoms with E-state index in [-0.39, 0.29) is 6.04 Å². The lowest BCUT2D eigenvalue weighted by Crippen LogP contribution is -2.47. The Labute approximate surface area is 104 Å². The molecule has 1 aliphatic heterocycles. The maximum absolute atomic E-state index is 12.0. The molecular weight excluding hydrogens is 242 g/mol. The Morgan fingerprint density at radius 1 is 1.47 bits per heavy atom. The predicted octanol–water partition coefficient (Wildman–Crippen LogP) is -0.651. The molecule has 1 saturated heterocycles. The topological polar surface area (TPSA) is 61.9 Å². The van der Waals surface area contributed by atoms with E-state index < -0.39 is 10.2 Å². The number of rotatable bonds is 6. The highest BCUT2D eigenvalue weighted by Gasteiger charge is 2.31. The molecule has 0 aromatic heterocycles. The molecule has 17 heavy (non-hydrogen) atoms. The van der Waals surface area contributed by atoms with Crippen LogP contribution in [0.4, 0.5) is 0 Å². The Morgan fingerprint density at radius 3 is 2.59 bits per heavy atom. The van der Waals surface area contributed by atoms with Gasteiger partial charge in [0.15, 0.2) is 0 Å². The number of likely N-dealkylation sites (N-methyl/N-ethyl adjacent to an activating group) is 2. The van der Waals surface area contributed by atoms with E-state index in [1.54, 1.807) is 14.2 Å². The number of hydrogen-bond donors (Lipinski definition) is 1. The van der Waals surface area contributed by atoms with Crippen LogP contribution in [-0.2, 0) is 14.9 Å². The lowest BCUT2D eigenvalue weighted by atomic mass is 10.1. The minimum absolute atomic E-state index is 0.00463. The quantitative estimate of drug-likeness (QED) is 0.693. The van der Waals surface area contributed by atoms with Gasteiger partial charge in [0.1, 0.15) is 0 Å². The summed E-state index contributed by atoms with van der Waals surface area (Å²) >= 11 is 0. The van der Waals surface area contributed by atoms with Crippen LogP contribution in [0, 0.1) is 5.92 Å². The third-order valence-electron chi connectivity index (χ3n) is 3.12. The van der Waals surface area contributed by atoms with Crippen molar-refractivity contribution in [2.75, 3.05) is 47.4 Å². The summed E-state index contributed by atoms with van der Waals surface area (Å²) in [6.07, 6.45) is 0. The molecule has 1 rings (SSSR count). The number of nitrogens with one attached hydrogen (secondary N) is 1. The SMILES string of the molecule is COCCN(C)S(=O)(=O)NC1CN(C)CC1C. The summed E-state index contributed by atoms with van der Waals surface area (Å²) in [4.78, 5) is 2.13. The van der Waals surface area contributed by atoms with Crippen molar-refractivity contribution in [1.29, 1.82) is 0 Å². The van der Waals surface area contributed by atoms with E-state index in [2.05, 4.69) is 16.5 Å². The number of hydrogen-bond acceptors (Lipinski definition) is 4. The summed E-state index contributed by atoms with van der Waals surface area (Å²) in [6.45, 7) is 4.51. The molecule has 0 saturated carbocycles. The molecule has 0 aromatic rings. The Kier molecular flexibility index (Phi) is 5.33. The molecule has 1 fully saturated rings. The standard InChI is InChI=1S/C10H23N3O3S/c1-9-7-12(2)8-10(9)11-17(14,15)13(3)5-6-16-4/h9-11H,5-8H2,1-4H3. The van der Waals surface area contributed by atoms with Crippen LogP contribution < -0.4 is 4.72 Å². The molecule has 0 spiro atoms. The Balaban J connectivity index is 2.54.